The van der Waals surface area contributed by atoms with Gasteiger partial charge in [-0.2, -0.15) is 0 Å². The maximum absolute atomic E-state index is 12.8. The van der Waals surface area contributed by atoms with E-state index in [0.717, 1.165) is 0 Å². The fourth-order valence-electron chi connectivity index (χ4n) is 0.948. The van der Waals surface area contributed by atoms with Crippen LogP contribution in [0, 0.1) is 5.82 Å². The van der Waals surface area contributed by atoms with Crippen molar-refractivity contribution in [2.75, 3.05) is 0 Å². The second kappa shape index (κ2) is 3.72. The minimum absolute atomic E-state index is 0.0290. The van der Waals surface area contributed by atoms with Crippen LogP contribution < -0.4 is 0 Å². The number of rotatable bonds is 2. The van der Waals surface area contributed by atoms with E-state index in [4.69, 9.17) is 0 Å². The van der Waals surface area contributed by atoms with Crippen LogP contribution in [0.15, 0.2) is 23.1 Å². The number of ketones is 1. The van der Waals surface area contributed by atoms with E-state index in [1.807, 2.05) is 0 Å². The highest BCUT2D eigenvalue weighted by molar-refractivity contribution is 7.80. The van der Waals surface area contributed by atoms with E-state index < -0.39 is 0 Å². The first-order valence-corrected chi connectivity index (χ1v) is 4.01. The second-order valence-corrected chi connectivity index (χ2v) is 3.15. The zero-order chi connectivity index (χ0) is 9.14. The number of Topliss-reactive ketones (excluding diaryl/α,β-unsaturated/α-hetero) is 1. The Morgan fingerprint density at radius 2 is 2.25 bits per heavy atom. The Morgan fingerprint density at radius 3 is 2.75 bits per heavy atom. The normalized spacial score (nSPS) is 9.92. The number of halogens is 1. The van der Waals surface area contributed by atoms with E-state index in [-0.39, 0.29) is 18.0 Å². The van der Waals surface area contributed by atoms with E-state index in [1.165, 1.54) is 13.0 Å². The zero-order valence-electron chi connectivity index (χ0n) is 6.67. The third kappa shape index (κ3) is 2.34. The molecule has 64 valence electrons. The van der Waals surface area contributed by atoms with E-state index >= 15 is 0 Å². The topological polar surface area (TPSA) is 17.1 Å². The lowest BCUT2D eigenvalue weighted by molar-refractivity contribution is -0.116. The van der Waals surface area contributed by atoms with Gasteiger partial charge in [0, 0.05) is 11.3 Å². The van der Waals surface area contributed by atoms with Crippen LogP contribution in [0.5, 0.6) is 0 Å². The molecule has 0 aliphatic carbocycles. The molecule has 0 aromatic heterocycles. The van der Waals surface area contributed by atoms with Crippen molar-refractivity contribution in [3.05, 3.63) is 29.6 Å². The maximum atomic E-state index is 12.8. The summed E-state index contributed by atoms with van der Waals surface area (Å²) >= 11 is 3.88. The lowest BCUT2D eigenvalue weighted by Crippen LogP contribution is -1.96. The summed E-state index contributed by atoms with van der Waals surface area (Å²) in [5.74, 6) is -0.349. The van der Waals surface area contributed by atoms with Crippen LogP contribution in [0.2, 0.25) is 0 Å². The van der Waals surface area contributed by atoms with Gasteiger partial charge in [0.25, 0.3) is 0 Å². The predicted molar refractivity (Wildman–Crippen MR) is 48.0 cm³/mol. The minimum atomic E-state index is -0.378. The van der Waals surface area contributed by atoms with Gasteiger partial charge in [-0.1, -0.05) is 6.07 Å². The SMILES string of the molecule is CC(=O)Cc1ccc(S)c(F)c1. The molecule has 0 heterocycles. The number of carbonyl (C=O) groups excluding carboxylic acids is 1. The summed E-state index contributed by atoms with van der Waals surface area (Å²) in [5.41, 5.74) is 0.692. The molecule has 0 atom stereocenters. The van der Waals surface area contributed by atoms with Crippen molar-refractivity contribution >= 4 is 18.4 Å². The first-order chi connectivity index (χ1) is 5.59. The van der Waals surface area contributed by atoms with Crippen LogP contribution in [0.4, 0.5) is 4.39 Å². The van der Waals surface area contributed by atoms with Crippen LogP contribution in [0.3, 0.4) is 0 Å². The maximum Gasteiger partial charge on any atom is 0.136 e. The highest BCUT2D eigenvalue weighted by atomic mass is 32.1. The van der Waals surface area contributed by atoms with Gasteiger partial charge in [0.2, 0.25) is 0 Å². The highest BCUT2D eigenvalue weighted by Gasteiger charge is 2.01. The Labute approximate surface area is 76.0 Å². The Balaban J connectivity index is 2.89. The average molecular weight is 184 g/mol. The molecule has 0 fully saturated rings. The fraction of sp³-hybridized carbons (Fsp3) is 0.222. The summed E-state index contributed by atoms with van der Waals surface area (Å²) in [6, 6.07) is 4.59. The molecule has 0 bridgehead atoms. The van der Waals surface area contributed by atoms with Crippen molar-refractivity contribution in [1.82, 2.24) is 0 Å². The number of benzene rings is 1. The first kappa shape index (κ1) is 9.26. The molecule has 0 aliphatic rings. The van der Waals surface area contributed by atoms with E-state index in [1.54, 1.807) is 12.1 Å². The van der Waals surface area contributed by atoms with Crippen molar-refractivity contribution in [2.45, 2.75) is 18.2 Å². The first-order valence-electron chi connectivity index (χ1n) is 3.56. The summed E-state index contributed by atoms with van der Waals surface area (Å²) in [7, 11) is 0. The summed E-state index contributed by atoms with van der Waals surface area (Å²) in [4.78, 5) is 11.0. The average Bonchev–Trinajstić information content (AvgIpc) is 1.96. The summed E-state index contributed by atoms with van der Waals surface area (Å²) in [5, 5.41) is 0. The third-order valence-corrected chi connectivity index (χ3v) is 1.83. The molecule has 0 saturated carbocycles. The van der Waals surface area contributed by atoms with Gasteiger partial charge in [-0.3, -0.25) is 4.79 Å². The zero-order valence-corrected chi connectivity index (χ0v) is 7.57. The fourth-order valence-corrected chi connectivity index (χ4v) is 1.09. The standard InChI is InChI=1S/C9H9FOS/c1-6(11)4-7-2-3-9(12)8(10)5-7/h2-3,5,12H,4H2,1H3. The molecule has 0 radical (unpaired) electrons. The van der Waals surface area contributed by atoms with Gasteiger partial charge < -0.3 is 0 Å². The predicted octanol–water partition coefficient (Wildman–Crippen LogP) is 2.25. The lowest BCUT2D eigenvalue weighted by Gasteiger charge is -1.99. The minimum Gasteiger partial charge on any atom is -0.300 e. The Morgan fingerprint density at radius 1 is 1.58 bits per heavy atom. The van der Waals surface area contributed by atoms with Gasteiger partial charge in [0.1, 0.15) is 11.6 Å². The molecule has 1 aromatic rings. The molecule has 0 saturated heterocycles. The third-order valence-electron chi connectivity index (χ3n) is 1.47. The molecule has 0 amide bonds. The van der Waals surface area contributed by atoms with E-state index in [0.29, 0.717) is 10.5 Å². The number of thiol groups is 1. The molecular formula is C9H9FOS. The molecule has 1 aromatic carbocycles. The van der Waals surface area contributed by atoms with Crippen LogP contribution in [0.25, 0.3) is 0 Å². The molecule has 3 heteroatoms. The summed E-state index contributed by atoms with van der Waals surface area (Å²) in [6.07, 6.45) is 0.283. The second-order valence-electron chi connectivity index (χ2n) is 2.66. The smallest absolute Gasteiger partial charge is 0.136 e. The van der Waals surface area contributed by atoms with Crippen LogP contribution in [-0.2, 0) is 11.2 Å². The van der Waals surface area contributed by atoms with Crippen molar-refractivity contribution in [1.29, 1.82) is 0 Å². The van der Waals surface area contributed by atoms with Crippen LogP contribution >= 0.6 is 12.6 Å². The Bertz CT molecular complexity index is 309. The summed E-state index contributed by atoms with van der Waals surface area (Å²) < 4.78 is 12.8. The monoisotopic (exact) mass is 184 g/mol. The number of hydrogen-bond acceptors (Lipinski definition) is 2. The van der Waals surface area contributed by atoms with Gasteiger partial charge in [0.05, 0.1) is 0 Å². The van der Waals surface area contributed by atoms with Gasteiger partial charge in [0.15, 0.2) is 0 Å². The number of carbonyl (C=O) groups is 1. The van der Waals surface area contributed by atoms with Crippen LogP contribution in [-0.4, -0.2) is 5.78 Å². The Hall–Kier alpha value is -0.830. The van der Waals surface area contributed by atoms with Crippen LogP contribution in [0.1, 0.15) is 12.5 Å². The quantitative estimate of drug-likeness (QED) is 0.697. The van der Waals surface area contributed by atoms with Crippen molar-refractivity contribution in [3.8, 4) is 0 Å². The molecular weight excluding hydrogens is 175 g/mol. The molecule has 12 heavy (non-hydrogen) atoms. The summed E-state index contributed by atoms with van der Waals surface area (Å²) in [6.45, 7) is 1.48. The largest absolute Gasteiger partial charge is 0.300 e. The van der Waals surface area contributed by atoms with Gasteiger partial charge in [-0.25, -0.2) is 4.39 Å². The molecule has 1 nitrogen and oxygen atoms in total. The highest BCUT2D eigenvalue weighted by Crippen LogP contribution is 2.14. The Kier molecular flexibility index (Phi) is 2.87. The molecule has 0 N–H and O–H groups in total. The van der Waals surface area contributed by atoms with E-state index in [9.17, 15) is 9.18 Å². The molecule has 0 aliphatic heterocycles. The molecule has 0 spiro atoms. The van der Waals surface area contributed by atoms with Crippen molar-refractivity contribution < 1.29 is 9.18 Å². The van der Waals surface area contributed by atoms with Gasteiger partial charge in [-0.05, 0) is 24.6 Å². The lowest BCUT2D eigenvalue weighted by atomic mass is 10.1. The molecule has 1 rings (SSSR count). The van der Waals surface area contributed by atoms with Gasteiger partial charge in [-0.15, -0.1) is 12.6 Å². The van der Waals surface area contributed by atoms with Gasteiger partial charge >= 0.3 is 0 Å². The van der Waals surface area contributed by atoms with Crippen molar-refractivity contribution in [3.63, 3.8) is 0 Å². The number of hydrogen-bond donors (Lipinski definition) is 1. The molecule has 0 unspecified atom stereocenters. The van der Waals surface area contributed by atoms with E-state index in [2.05, 4.69) is 12.6 Å². The van der Waals surface area contributed by atoms with Crippen molar-refractivity contribution in [2.24, 2.45) is 0 Å².